The lowest BCUT2D eigenvalue weighted by molar-refractivity contribution is 0.474. The van der Waals surface area contributed by atoms with Gasteiger partial charge in [-0.3, -0.25) is 0 Å². The monoisotopic (exact) mass is 261 g/mol. The van der Waals surface area contributed by atoms with Gasteiger partial charge >= 0.3 is 0 Å². The molecule has 1 atom stereocenters. The van der Waals surface area contributed by atoms with Gasteiger partial charge in [-0.25, -0.2) is 0 Å². The van der Waals surface area contributed by atoms with Crippen LogP contribution in [0.25, 0.3) is 0 Å². The molecule has 1 aromatic carbocycles. The number of nitrogens with one attached hydrogen (secondary N) is 1. The number of phenolic OH excluding ortho intramolecular Hbond substituents is 1. The van der Waals surface area contributed by atoms with Crippen molar-refractivity contribution >= 4 is 11.3 Å². The van der Waals surface area contributed by atoms with E-state index < -0.39 is 0 Å². The lowest BCUT2D eigenvalue weighted by Crippen LogP contribution is -2.23. The van der Waals surface area contributed by atoms with E-state index in [1.54, 1.807) is 23.5 Å². The molecular formula is C15H19NOS. The maximum Gasteiger partial charge on any atom is 0.115 e. The third-order valence-electron chi connectivity index (χ3n) is 2.90. The Morgan fingerprint density at radius 2 is 2.00 bits per heavy atom. The number of hydrogen-bond acceptors (Lipinski definition) is 3. The van der Waals surface area contributed by atoms with Crippen LogP contribution in [0.1, 0.15) is 29.8 Å². The zero-order valence-electron chi connectivity index (χ0n) is 10.6. The Morgan fingerprint density at radius 1 is 1.22 bits per heavy atom. The predicted molar refractivity (Wildman–Crippen MR) is 77.2 cm³/mol. The summed E-state index contributed by atoms with van der Waals surface area (Å²) in [5.74, 6) is 0.327. The van der Waals surface area contributed by atoms with E-state index in [4.69, 9.17) is 0 Å². The third-order valence-corrected chi connectivity index (χ3v) is 3.89. The van der Waals surface area contributed by atoms with Gasteiger partial charge in [0.2, 0.25) is 0 Å². The van der Waals surface area contributed by atoms with Crippen LogP contribution >= 0.6 is 11.3 Å². The van der Waals surface area contributed by atoms with Gasteiger partial charge < -0.3 is 10.4 Å². The predicted octanol–water partition coefficient (Wildman–Crippen LogP) is 3.74. The van der Waals surface area contributed by atoms with Crippen molar-refractivity contribution in [2.45, 2.75) is 25.8 Å². The maximum absolute atomic E-state index is 9.30. The first kappa shape index (κ1) is 13.1. The lowest BCUT2D eigenvalue weighted by Gasteiger charge is -2.17. The van der Waals surface area contributed by atoms with Crippen molar-refractivity contribution in [3.05, 3.63) is 52.2 Å². The number of thiophene rings is 1. The summed E-state index contributed by atoms with van der Waals surface area (Å²) in [4.78, 5) is 1.37. The summed E-state index contributed by atoms with van der Waals surface area (Å²) < 4.78 is 0. The molecule has 2 aromatic rings. The second kappa shape index (κ2) is 6.57. The summed E-state index contributed by atoms with van der Waals surface area (Å²) in [6.07, 6.45) is 2.10. The van der Waals surface area contributed by atoms with Crippen molar-refractivity contribution in [3.8, 4) is 5.75 Å². The quantitative estimate of drug-likeness (QED) is 0.830. The molecule has 0 amide bonds. The number of aromatic hydroxyl groups is 1. The Hall–Kier alpha value is -1.32. The molecule has 0 fully saturated rings. The highest BCUT2D eigenvalue weighted by molar-refractivity contribution is 7.10. The summed E-state index contributed by atoms with van der Waals surface area (Å²) in [5.41, 5.74) is 1.25. The van der Waals surface area contributed by atoms with Crippen LogP contribution in [0.15, 0.2) is 41.8 Å². The summed E-state index contributed by atoms with van der Waals surface area (Å²) >= 11 is 1.79. The van der Waals surface area contributed by atoms with Crippen molar-refractivity contribution in [3.63, 3.8) is 0 Å². The van der Waals surface area contributed by atoms with Crippen LogP contribution in [-0.2, 0) is 6.42 Å². The molecule has 2 rings (SSSR count). The number of phenols is 1. The standard InChI is InChI=1S/C15H19NOS/c1-2-9-16-14(15-4-3-10-18-15)11-12-5-7-13(17)8-6-12/h3-8,10,14,16-17H,2,9,11H2,1H3. The fourth-order valence-corrected chi connectivity index (χ4v) is 2.75. The molecule has 0 aliphatic heterocycles. The first-order valence-corrected chi connectivity index (χ1v) is 7.22. The summed E-state index contributed by atoms with van der Waals surface area (Å²) in [5, 5.41) is 15.0. The molecule has 0 radical (unpaired) electrons. The minimum absolute atomic E-state index is 0.327. The van der Waals surface area contributed by atoms with Crippen LogP contribution in [-0.4, -0.2) is 11.7 Å². The Labute approximate surface area is 112 Å². The van der Waals surface area contributed by atoms with E-state index in [1.165, 1.54) is 10.4 Å². The molecule has 2 nitrogen and oxygen atoms in total. The van der Waals surface area contributed by atoms with E-state index in [0.29, 0.717) is 11.8 Å². The first-order valence-electron chi connectivity index (χ1n) is 6.34. The summed E-state index contributed by atoms with van der Waals surface area (Å²) in [7, 11) is 0. The van der Waals surface area contributed by atoms with E-state index in [1.807, 2.05) is 12.1 Å². The van der Waals surface area contributed by atoms with Crippen LogP contribution in [0.4, 0.5) is 0 Å². The highest BCUT2D eigenvalue weighted by Crippen LogP contribution is 2.23. The molecule has 3 heteroatoms. The minimum atomic E-state index is 0.327. The molecule has 0 saturated heterocycles. The molecule has 0 bridgehead atoms. The Morgan fingerprint density at radius 3 is 2.61 bits per heavy atom. The van der Waals surface area contributed by atoms with Crippen LogP contribution < -0.4 is 5.32 Å². The average molecular weight is 261 g/mol. The van der Waals surface area contributed by atoms with Gasteiger partial charge in [-0.2, -0.15) is 0 Å². The Kier molecular flexibility index (Phi) is 4.79. The van der Waals surface area contributed by atoms with Crippen molar-refractivity contribution < 1.29 is 5.11 Å². The van der Waals surface area contributed by atoms with Crippen molar-refractivity contribution in [1.82, 2.24) is 5.32 Å². The molecule has 1 aromatic heterocycles. The fourth-order valence-electron chi connectivity index (χ4n) is 1.95. The van der Waals surface area contributed by atoms with Crippen LogP contribution in [0.3, 0.4) is 0 Å². The lowest BCUT2D eigenvalue weighted by atomic mass is 10.0. The molecule has 1 unspecified atom stereocenters. The number of rotatable bonds is 6. The van der Waals surface area contributed by atoms with E-state index in [2.05, 4.69) is 29.8 Å². The largest absolute Gasteiger partial charge is 0.508 e. The van der Waals surface area contributed by atoms with Crippen molar-refractivity contribution in [2.24, 2.45) is 0 Å². The third kappa shape index (κ3) is 3.59. The average Bonchev–Trinajstić information content (AvgIpc) is 2.90. The van der Waals surface area contributed by atoms with E-state index >= 15 is 0 Å². The first-order chi connectivity index (χ1) is 8.79. The second-order valence-corrected chi connectivity index (χ2v) is 5.37. The maximum atomic E-state index is 9.30. The molecule has 0 aliphatic rings. The number of hydrogen-bond donors (Lipinski definition) is 2. The van der Waals surface area contributed by atoms with Gasteiger partial charge in [0, 0.05) is 10.9 Å². The molecule has 0 saturated carbocycles. The van der Waals surface area contributed by atoms with Crippen LogP contribution in [0.5, 0.6) is 5.75 Å². The van der Waals surface area contributed by atoms with Gasteiger partial charge in [-0.15, -0.1) is 11.3 Å². The smallest absolute Gasteiger partial charge is 0.115 e. The second-order valence-electron chi connectivity index (χ2n) is 4.39. The van der Waals surface area contributed by atoms with Gasteiger partial charge in [0.15, 0.2) is 0 Å². The van der Waals surface area contributed by atoms with Gasteiger partial charge in [-0.05, 0) is 48.5 Å². The SMILES string of the molecule is CCCNC(Cc1ccc(O)cc1)c1cccs1. The molecule has 0 spiro atoms. The molecule has 18 heavy (non-hydrogen) atoms. The Balaban J connectivity index is 2.07. The van der Waals surface area contributed by atoms with E-state index in [0.717, 1.165) is 19.4 Å². The minimum Gasteiger partial charge on any atom is -0.508 e. The van der Waals surface area contributed by atoms with Crippen LogP contribution in [0, 0.1) is 0 Å². The molecule has 96 valence electrons. The zero-order chi connectivity index (χ0) is 12.8. The normalized spacial score (nSPS) is 12.5. The fraction of sp³-hybridized carbons (Fsp3) is 0.333. The number of benzene rings is 1. The summed E-state index contributed by atoms with van der Waals surface area (Å²) in [6.45, 7) is 3.21. The van der Waals surface area contributed by atoms with E-state index in [9.17, 15) is 5.11 Å². The molecule has 0 aliphatic carbocycles. The highest BCUT2D eigenvalue weighted by Gasteiger charge is 2.12. The van der Waals surface area contributed by atoms with Crippen molar-refractivity contribution in [1.29, 1.82) is 0 Å². The van der Waals surface area contributed by atoms with Gasteiger partial charge in [0.1, 0.15) is 5.75 Å². The van der Waals surface area contributed by atoms with Crippen LogP contribution in [0.2, 0.25) is 0 Å². The van der Waals surface area contributed by atoms with Gasteiger partial charge in [0.25, 0.3) is 0 Å². The highest BCUT2D eigenvalue weighted by atomic mass is 32.1. The molecular weight excluding hydrogens is 242 g/mol. The van der Waals surface area contributed by atoms with Gasteiger partial charge in [0.05, 0.1) is 0 Å². The summed E-state index contributed by atoms with van der Waals surface area (Å²) in [6, 6.07) is 12.1. The zero-order valence-corrected chi connectivity index (χ0v) is 11.4. The molecule has 1 heterocycles. The Bertz CT molecular complexity index is 450. The topological polar surface area (TPSA) is 32.3 Å². The van der Waals surface area contributed by atoms with E-state index in [-0.39, 0.29) is 0 Å². The van der Waals surface area contributed by atoms with Crippen molar-refractivity contribution in [2.75, 3.05) is 6.54 Å². The molecule has 2 N–H and O–H groups in total. The van der Waals surface area contributed by atoms with Gasteiger partial charge in [-0.1, -0.05) is 25.1 Å².